The van der Waals surface area contributed by atoms with Crippen LogP contribution in [-0.4, -0.2) is 44.8 Å². The van der Waals surface area contributed by atoms with Crippen molar-refractivity contribution in [3.8, 4) is 0 Å². The standard InChI is InChI=1S/C33H34ClN3O4S/c1-24-17-19-28(20-18-24)42(40,41)37(30-16-10-15-29(34)25(30)2)23-32(38)36(22-27-13-8-5-9-14-27)31(33(39)35-3)21-26-11-6-4-7-12-26/h4-20,31H,21-23H2,1-3H3,(H,35,39)/t31-/m0/s1. The first-order valence-corrected chi connectivity index (χ1v) is 15.4. The molecular weight excluding hydrogens is 570 g/mol. The van der Waals surface area contributed by atoms with Gasteiger partial charge in [-0.1, -0.05) is 96.0 Å². The quantitative estimate of drug-likeness (QED) is 0.244. The van der Waals surface area contributed by atoms with E-state index in [-0.39, 0.29) is 29.5 Å². The molecule has 0 aliphatic heterocycles. The molecule has 4 aromatic rings. The van der Waals surface area contributed by atoms with Crippen LogP contribution in [0.4, 0.5) is 5.69 Å². The smallest absolute Gasteiger partial charge is 0.264 e. The second-order valence-corrected chi connectivity index (χ2v) is 12.3. The Balaban J connectivity index is 1.81. The van der Waals surface area contributed by atoms with Crippen LogP contribution >= 0.6 is 11.6 Å². The van der Waals surface area contributed by atoms with Crippen molar-refractivity contribution in [3.63, 3.8) is 0 Å². The van der Waals surface area contributed by atoms with E-state index in [1.54, 1.807) is 37.3 Å². The number of rotatable bonds is 11. The Morgan fingerprint density at radius 3 is 2.00 bits per heavy atom. The zero-order valence-electron chi connectivity index (χ0n) is 23.8. The van der Waals surface area contributed by atoms with Gasteiger partial charge in [-0.2, -0.15) is 0 Å². The number of anilines is 1. The van der Waals surface area contributed by atoms with E-state index in [9.17, 15) is 18.0 Å². The molecule has 0 heterocycles. The molecule has 0 saturated carbocycles. The Morgan fingerprint density at radius 2 is 1.40 bits per heavy atom. The molecule has 218 valence electrons. The average Bonchev–Trinajstić information content (AvgIpc) is 3.00. The van der Waals surface area contributed by atoms with Crippen LogP contribution in [0.3, 0.4) is 0 Å². The number of halogens is 1. The molecule has 0 bridgehead atoms. The summed E-state index contributed by atoms with van der Waals surface area (Å²) in [6, 6.07) is 29.2. The Morgan fingerprint density at radius 1 is 0.810 bits per heavy atom. The van der Waals surface area contributed by atoms with Gasteiger partial charge in [0.1, 0.15) is 12.6 Å². The van der Waals surface area contributed by atoms with E-state index in [1.165, 1.54) is 24.1 Å². The van der Waals surface area contributed by atoms with Gasteiger partial charge in [-0.25, -0.2) is 8.42 Å². The van der Waals surface area contributed by atoms with Gasteiger partial charge in [0.05, 0.1) is 10.6 Å². The number of hydrogen-bond acceptors (Lipinski definition) is 4. The van der Waals surface area contributed by atoms with Crippen LogP contribution in [0, 0.1) is 13.8 Å². The Bertz CT molecular complexity index is 1630. The lowest BCUT2D eigenvalue weighted by molar-refractivity contribution is -0.139. The number of aryl methyl sites for hydroxylation is 1. The first kappa shape index (κ1) is 30.8. The van der Waals surface area contributed by atoms with Gasteiger partial charge in [-0.05, 0) is 54.8 Å². The van der Waals surface area contributed by atoms with Crippen molar-refractivity contribution >= 4 is 39.1 Å². The number of sulfonamides is 1. The number of benzene rings is 4. The predicted molar refractivity (Wildman–Crippen MR) is 167 cm³/mol. The molecule has 0 fully saturated rings. The third-order valence-corrected chi connectivity index (χ3v) is 9.29. The molecule has 42 heavy (non-hydrogen) atoms. The zero-order valence-corrected chi connectivity index (χ0v) is 25.4. The molecule has 0 aliphatic carbocycles. The lowest BCUT2D eigenvalue weighted by Crippen LogP contribution is -2.53. The Kier molecular flexibility index (Phi) is 10.0. The summed E-state index contributed by atoms with van der Waals surface area (Å²) >= 11 is 6.41. The minimum atomic E-state index is -4.20. The maximum absolute atomic E-state index is 14.3. The highest BCUT2D eigenvalue weighted by Gasteiger charge is 2.35. The summed E-state index contributed by atoms with van der Waals surface area (Å²) in [4.78, 5) is 29.1. The second-order valence-electron chi connectivity index (χ2n) is 10.0. The fourth-order valence-electron chi connectivity index (χ4n) is 4.72. The van der Waals surface area contributed by atoms with Crippen molar-refractivity contribution in [1.82, 2.24) is 10.2 Å². The van der Waals surface area contributed by atoms with E-state index < -0.39 is 28.5 Å². The predicted octanol–water partition coefficient (Wildman–Crippen LogP) is 5.54. The summed E-state index contributed by atoms with van der Waals surface area (Å²) < 4.78 is 29.3. The molecule has 2 amide bonds. The second kappa shape index (κ2) is 13.7. The van der Waals surface area contributed by atoms with Crippen LogP contribution in [0.5, 0.6) is 0 Å². The van der Waals surface area contributed by atoms with Gasteiger partial charge < -0.3 is 10.2 Å². The topological polar surface area (TPSA) is 86.8 Å². The monoisotopic (exact) mass is 603 g/mol. The van der Waals surface area contributed by atoms with Crippen LogP contribution in [0.1, 0.15) is 22.3 Å². The number of nitrogens with zero attached hydrogens (tertiary/aromatic N) is 2. The molecule has 0 unspecified atom stereocenters. The molecule has 1 atom stereocenters. The summed E-state index contributed by atoms with van der Waals surface area (Å²) in [5.74, 6) is -0.881. The number of amides is 2. The average molecular weight is 604 g/mol. The van der Waals surface area contributed by atoms with Crippen molar-refractivity contribution in [1.29, 1.82) is 0 Å². The van der Waals surface area contributed by atoms with Crippen molar-refractivity contribution in [2.75, 3.05) is 17.9 Å². The highest BCUT2D eigenvalue weighted by atomic mass is 35.5. The summed E-state index contributed by atoms with van der Waals surface area (Å²) in [5.41, 5.74) is 3.38. The SMILES string of the molecule is CNC(=O)[C@H](Cc1ccccc1)N(Cc1ccccc1)C(=O)CN(c1cccc(Cl)c1C)S(=O)(=O)c1ccc(C)cc1. The van der Waals surface area contributed by atoms with E-state index in [0.29, 0.717) is 10.6 Å². The van der Waals surface area contributed by atoms with Gasteiger partial charge in [-0.15, -0.1) is 0 Å². The van der Waals surface area contributed by atoms with Crippen LogP contribution < -0.4 is 9.62 Å². The van der Waals surface area contributed by atoms with Gasteiger partial charge in [0.2, 0.25) is 11.8 Å². The van der Waals surface area contributed by atoms with E-state index in [1.807, 2.05) is 67.6 Å². The lowest BCUT2D eigenvalue weighted by Gasteiger charge is -2.34. The lowest BCUT2D eigenvalue weighted by atomic mass is 10.0. The largest absolute Gasteiger partial charge is 0.357 e. The third-order valence-electron chi connectivity index (χ3n) is 7.11. The number of carbonyl (C=O) groups excluding carboxylic acids is 2. The minimum Gasteiger partial charge on any atom is -0.357 e. The van der Waals surface area contributed by atoms with Crippen LogP contribution in [0.15, 0.2) is 108 Å². The van der Waals surface area contributed by atoms with Gasteiger partial charge >= 0.3 is 0 Å². The highest BCUT2D eigenvalue weighted by molar-refractivity contribution is 7.92. The summed E-state index contributed by atoms with van der Waals surface area (Å²) in [6.45, 7) is 3.15. The molecule has 4 aromatic carbocycles. The molecule has 0 spiro atoms. The molecule has 0 radical (unpaired) electrons. The molecule has 0 aliphatic rings. The summed E-state index contributed by atoms with van der Waals surface area (Å²) in [7, 11) is -2.67. The third kappa shape index (κ3) is 7.19. The van der Waals surface area contributed by atoms with Crippen LogP contribution in [0.25, 0.3) is 0 Å². The van der Waals surface area contributed by atoms with Gasteiger partial charge in [0.25, 0.3) is 10.0 Å². The molecular formula is C33H34ClN3O4S. The number of hydrogen-bond donors (Lipinski definition) is 1. The molecule has 1 N–H and O–H groups in total. The fourth-order valence-corrected chi connectivity index (χ4v) is 6.36. The van der Waals surface area contributed by atoms with Crippen LogP contribution in [-0.2, 0) is 32.6 Å². The first-order chi connectivity index (χ1) is 20.1. The van der Waals surface area contributed by atoms with Gasteiger partial charge in [0, 0.05) is 25.0 Å². The Hall–Kier alpha value is -4.14. The van der Waals surface area contributed by atoms with Crippen molar-refractivity contribution in [2.45, 2.75) is 37.8 Å². The zero-order chi connectivity index (χ0) is 30.3. The minimum absolute atomic E-state index is 0.0435. The van der Waals surface area contributed by atoms with E-state index >= 15 is 0 Å². The van der Waals surface area contributed by atoms with E-state index in [0.717, 1.165) is 21.0 Å². The maximum atomic E-state index is 14.3. The highest BCUT2D eigenvalue weighted by Crippen LogP contribution is 2.31. The summed E-state index contributed by atoms with van der Waals surface area (Å²) in [5, 5.41) is 3.06. The van der Waals surface area contributed by atoms with Gasteiger partial charge in [-0.3, -0.25) is 13.9 Å². The van der Waals surface area contributed by atoms with Crippen LogP contribution in [0.2, 0.25) is 5.02 Å². The Labute approximate surface area is 252 Å². The molecule has 0 saturated heterocycles. The number of likely N-dealkylation sites (N-methyl/N-ethyl adjacent to an activating group) is 1. The van der Waals surface area contributed by atoms with Crippen molar-refractivity contribution in [2.24, 2.45) is 0 Å². The van der Waals surface area contributed by atoms with Gasteiger partial charge in [0.15, 0.2) is 0 Å². The molecule has 0 aromatic heterocycles. The van der Waals surface area contributed by atoms with E-state index in [4.69, 9.17) is 11.6 Å². The summed E-state index contributed by atoms with van der Waals surface area (Å²) in [6.07, 6.45) is 0.250. The normalized spacial score (nSPS) is 11.9. The number of carbonyl (C=O) groups is 2. The fraction of sp³-hybridized carbons (Fsp3) is 0.212. The number of nitrogens with one attached hydrogen (secondary N) is 1. The van der Waals surface area contributed by atoms with E-state index in [2.05, 4.69) is 5.32 Å². The maximum Gasteiger partial charge on any atom is 0.264 e. The van der Waals surface area contributed by atoms with Crippen molar-refractivity contribution < 1.29 is 18.0 Å². The molecule has 7 nitrogen and oxygen atoms in total. The van der Waals surface area contributed by atoms with Crippen molar-refractivity contribution in [3.05, 3.63) is 130 Å². The molecule has 4 rings (SSSR count). The molecule has 9 heteroatoms. The first-order valence-electron chi connectivity index (χ1n) is 13.5.